The van der Waals surface area contributed by atoms with Crippen LogP contribution in [0.2, 0.25) is 0 Å². The van der Waals surface area contributed by atoms with Crippen molar-refractivity contribution in [3.05, 3.63) is 0 Å². The van der Waals surface area contributed by atoms with Crippen LogP contribution in [-0.2, 0) is 0 Å². The van der Waals surface area contributed by atoms with Crippen LogP contribution in [-0.4, -0.2) is 47.5 Å². The topological polar surface area (TPSA) is 43.7 Å². The smallest absolute Gasteiger partial charge is 0.0580 e. The average Bonchev–Trinajstić information content (AvgIpc) is 2.38. The summed E-state index contributed by atoms with van der Waals surface area (Å²) in [5.74, 6) is 1.20. The number of aliphatic hydroxyl groups excluding tert-OH is 2. The van der Waals surface area contributed by atoms with Gasteiger partial charge in [0.05, 0.1) is 12.7 Å². The van der Waals surface area contributed by atoms with Crippen LogP contribution in [0.15, 0.2) is 0 Å². The third-order valence-corrected chi connectivity index (χ3v) is 4.37. The number of aliphatic hydroxyl groups is 2. The highest BCUT2D eigenvalue weighted by atomic mass is 16.3. The van der Waals surface area contributed by atoms with E-state index in [4.69, 9.17) is 5.11 Å². The largest absolute Gasteiger partial charge is 0.395 e. The maximum atomic E-state index is 10.1. The number of rotatable bonds is 8. The summed E-state index contributed by atoms with van der Waals surface area (Å²) in [5.41, 5.74) is 0. The Bertz CT molecular complexity index is 211. The molecule has 0 radical (unpaired) electrons. The second-order valence-corrected chi connectivity index (χ2v) is 5.79. The van der Waals surface area contributed by atoms with Gasteiger partial charge in [0.2, 0.25) is 0 Å². The Kier molecular flexibility index (Phi) is 7.87. The molecule has 0 aromatic rings. The average molecular weight is 257 g/mol. The molecule has 1 fully saturated rings. The molecular weight excluding hydrogens is 226 g/mol. The first-order valence-corrected chi connectivity index (χ1v) is 7.72. The third kappa shape index (κ3) is 5.25. The van der Waals surface area contributed by atoms with Crippen molar-refractivity contribution >= 4 is 0 Å². The minimum Gasteiger partial charge on any atom is -0.395 e. The standard InChI is InChI=1S/C15H31NO2/c1-3-5-8-16(9-10-17)12-14-11-13(4-2)6-7-15(14)18/h13-15,17-18H,3-12H2,1-2H3. The molecule has 0 aliphatic heterocycles. The summed E-state index contributed by atoms with van der Waals surface area (Å²) >= 11 is 0. The fraction of sp³-hybridized carbons (Fsp3) is 1.00. The van der Waals surface area contributed by atoms with Crippen LogP contribution in [0.5, 0.6) is 0 Å². The SMILES string of the molecule is CCCCN(CCO)CC1CC(CC)CCC1O. The molecule has 1 aliphatic rings. The number of nitrogens with zero attached hydrogens (tertiary/aromatic N) is 1. The molecule has 3 unspecified atom stereocenters. The lowest BCUT2D eigenvalue weighted by Crippen LogP contribution is -2.40. The lowest BCUT2D eigenvalue weighted by atomic mass is 9.78. The Morgan fingerprint density at radius 1 is 1.17 bits per heavy atom. The number of hydrogen-bond acceptors (Lipinski definition) is 3. The Morgan fingerprint density at radius 3 is 2.56 bits per heavy atom. The van der Waals surface area contributed by atoms with E-state index in [1.54, 1.807) is 0 Å². The van der Waals surface area contributed by atoms with E-state index in [1.807, 2.05) is 0 Å². The van der Waals surface area contributed by atoms with Crippen LogP contribution >= 0.6 is 0 Å². The normalized spacial score (nSPS) is 28.8. The van der Waals surface area contributed by atoms with Crippen LogP contribution in [0, 0.1) is 11.8 Å². The summed E-state index contributed by atoms with van der Waals surface area (Å²) in [5, 5.41) is 19.3. The lowest BCUT2D eigenvalue weighted by Gasteiger charge is -2.36. The number of hydrogen-bond donors (Lipinski definition) is 2. The van der Waals surface area contributed by atoms with Crippen molar-refractivity contribution in [1.29, 1.82) is 0 Å². The van der Waals surface area contributed by atoms with E-state index in [9.17, 15) is 5.11 Å². The van der Waals surface area contributed by atoms with Crippen LogP contribution in [0.4, 0.5) is 0 Å². The first-order valence-electron chi connectivity index (χ1n) is 7.72. The van der Waals surface area contributed by atoms with Gasteiger partial charge < -0.3 is 15.1 Å². The molecule has 0 aromatic heterocycles. The van der Waals surface area contributed by atoms with Gasteiger partial charge in [-0.15, -0.1) is 0 Å². The molecule has 18 heavy (non-hydrogen) atoms. The van der Waals surface area contributed by atoms with Crippen LogP contribution in [0.25, 0.3) is 0 Å². The molecule has 1 rings (SSSR count). The first-order chi connectivity index (χ1) is 8.71. The molecule has 3 nitrogen and oxygen atoms in total. The molecule has 0 heterocycles. The molecule has 1 aliphatic carbocycles. The van der Waals surface area contributed by atoms with Gasteiger partial charge in [0.1, 0.15) is 0 Å². The minimum atomic E-state index is -0.129. The molecule has 0 spiro atoms. The van der Waals surface area contributed by atoms with E-state index >= 15 is 0 Å². The van der Waals surface area contributed by atoms with E-state index < -0.39 is 0 Å². The highest BCUT2D eigenvalue weighted by Gasteiger charge is 2.29. The van der Waals surface area contributed by atoms with Gasteiger partial charge in [-0.25, -0.2) is 0 Å². The molecule has 0 saturated heterocycles. The first kappa shape index (κ1) is 15.9. The Labute approximate surface area is 112 Å². The Balaban J connectivity index is 2.43. The van der Waals surface area contributed by atoms with Crippen molar-refractivity contribution in [1.82, 2.24) is 4.90 Å². The fourth-order valence-corrected chi connectivity index (χ4v) is 3.06. The predicted octanol–water partition coefficient (Wildman–Crippen LogP) is 2.27. The predicted molar refractivity (Wildman–Crippen MR) is 75.6 cm³/mol. The summed E-state index contributed by atoms with van der Waals surface area (Å²) < 4.78 is 0. The molecule has 0 aromatic carbocycles. The van der Waals surface area contributed by atoms with Crippen molar-refractivity contribution in [3.8, 4) is 0 Å². The molecule has 1 saturated carbocycles. The molecule has 2 N–H and O–H groups in total. The van der Waals surface area contributed by atoms with Gasteiger partial charge in [-0.2, -0.15) is 0 Å². The van der Waals surface area contributed by atoms with Crippen molar-refractivity contribution in [2.24, 2.45) is 11.8 Å². The number of unbranched alkanes of at least 4 members (excludes halogenated alkanes) is 1. The van der Waals surface area contributed by atoms with Crippen LogP contribution in [0.3, 0.4) is 0 Å². The molecular formula is C15H31NO2. The summed E-state index contributed by atoms with van der Waals surface area (Å²) in [4.78, 5) is 2.33. The van der Waals surface area contributed by atoms with Crippen molar-refractivity contribution in [2.75, 3.05) is 26.2 Å². The Hall–Kier alpha value is -0.120. The van der Waals surface area contributed by atoms with Gasteiger partial charge in [0, 0.05) is 13.1 Å². The molecule has 3 heteroatoms. The van der Waals surface area contributed by atoms with E-state index in [-0.39, 0.29) is 12.7 Å². The van der Waals surface area contributed by atoms with Crippen molar-refractivity contribution in [2.45, 2.75) is 58.5 Å². The van der Waals surface area contributed by atoms with E-state index in [2.05, 4.69) is 18.7 Å². The van der Waals surface area contributed by atoms with Gasteiger partial charge in [-0.3, -0.25) is 0 Å². The second-order valence-electron chi connectivity index (χ2n) is 5.79. The fourth-order valence-electron chi connectivity index (χ4n) is 3.06. The van der Waals surface area contributed by atoms with E-state index in [1.165, 1.54) is 25.7 Å². The van der Waals surface area contributed by atoms with Gasteiger partial charge in [0.25, 0.3) is 0 Å². The van der Waals surface area contributed by atoms with E-state index in [0.29, 0.717) is 5.92 Å². The van der Waals surface area contributed by atoms with Crippen molar-refractivity contribution < 1.29 is 10.2 Å². The Morgan fingerprint density at radius 2 is 1.94 bits per heavy atom. The minimum absolute atomic E-state index is 0.129. The summed E-state index contributed by atoms with van der Waals surface area (Å²) in [7, 11) is 0. The summed E-state index contributed by atoms with van der Waals surface area (Å²) in [6.07, 6.45) is 6.78. The molecule has 0 amide bonds. The zero-order chi connectivity index (χ0) is 13.4. The zero-order valence-electron chi connectivity index (χ0n) is 12.1. The van der Waals surface area contributed by atoms with Crippen LogP contribution in [0.1, 0.15) is 52.4 Å². The summed E-state index contributed by atoms with van der Waals surface area (Å²) in [6.45, 7) is 7.43. The van der Waals surface area contributed by atoms with Crippen molar-refractivity contribution in [3.63, 3.8) is 0 Å². The van der Waals surface area contributed by atoms with Gasteiger partial charge >= 0.3 is 0 Å². The third-order valence-electron chi connectivity index (χ3n) is 4.37. The maximum Gasteiger partial charge on any atom is 0.0580 e. The molecule has 0 bridgehead atoms. The van der Waals surface area contributed by atoms with Crippen LogP contribution < -0.4 is 0 Å². The van der Waals surface area contributed by atoms with E-state index in [0.717, 1.165) is 38.4 Å². The second kappa shape index (κ2) is 8.89. The zero-order valence-corrected chi connectivity index (χ0v) is 12.1. The highest BCUT2D eigenvalue weighted by molar-refractivity contribution is 4.81. The monoisotopic (exact) mass is 257 g/mol. The molecule has 3 atom stereocenters. The quantitative estimate of drug-likeness (QED) is 0.701. The van der Waals surface area contributed by atoms with Gasteiger partial charge in [-0.1, -0.05) is 26.7 Å². The van der Waals surface area contributed by atoms with Gasteiger partial charge in [0.15, 0.2) is 0 Å². The van der Waals surface area contributed by atoms with Gasteiger partial charge in [-0.05, 0) is 44.1 Å². The lowest BCUT2D eigenvalue weighted by molar-refractivity contribution is 0.0236. The summed E-state index contributed by atoms with van der Waals surface area (Å²) in [6, 6.07) is 0. The maximum absolute atomic E-state index is 10.1. The highest BCUT2D eigenvalue weighted by Crippen LogP contribution is 2.31. The molecule has 108 valence electrons.